The van der Waals surface area contributed by atoms with Gasteiger partial charge in [0.1, 0.15) is 0 Å². The van der Waals surface area contributed by atoms with Gasteiger partial charge in [-0.1, -0.05) is 24.3 Å². The first-order valence-electron chi connectivity index (χ1n) is 6.67. The number of benzene rings is 2. The summed E-state index contributed by atoms with van der Waals surface area (Å²) in [7, 11) is 3.57. The monoisotopic (exact) mass is 279 g/mol. The molecule has 4 nitrogen and oxygen atoms in total. The number of amides is 1. The van der Waals surface area contributed by atoms with Crippen molar-refractivity contribution in [1.82, 2.24) is 4.90 Å². The Morgan fingerprint density at radius 3 is 2.48 bits per heavy atom. The van der Waals surface area contributed by atoms with Crippen molar-refractivity contribution in [3.63, 3.8) is 0 Å². The molecule has 2 rings (SSSR count). The number of hydrogen-bond acceptors (Lipinski definition) is 3. The first-order valence-corrected chi connectivity index (χ1v) is 6.67. The van der Waals surface area contributed by atoms with Gasteiger partial charge >= 0.3 is 0 Å². The van der Waals surface area contributed by atoms with E-state index in [1.165, 1.54) is 0 Å². The molecule has 1 N–H and O–H groups in total. The van der Waals surface area contributed by atoms with Crippen LogP contribution in [-0.2, 0) is 6.54 Å². The average Bonchev–Trinajstić information content (AvgIpc) is 2.54. The highest BCUT2D eigenvalue weighted by molar-refractivity contribution is 5.99. The minimum Gasteiger partial charge on any atom is -0.387 e. The molecule has 0 unspecified atom stereocenters. The van der Waals surface area contributed by atoms with Gasteiger partial charge in [0.05, 0.1) is 17.2 Å². The smallest absolute Gasteiger partial charge is 0.255 e. The van der Waals surface area contributed by atoms with E-state index in [-0.39, 0.29) is 5.91 Å². The van der Waals surface area contributed by atoms with E-state index < -0.39 is 0 Å². The second-order valence-electron chi connectivity index (χ2n) is 4.77. The van der Waals surface area contributed by atoms with E-state index >= 15 is 0 Å². The minimum absolute atomic E-state index is 0.0377. The molecule has 0 aliphatic heterocycles. The lowest BCUT2D eigenvalue weighted by Crippen LogP contribution is -2.26. The van der Waals surface area contributed by atoms with Crippen LogP contribution in [0.2, 0.25) is 0 Å². The zero-order chi connectivity index (χ0) is 15.2. The molecular weight excluding hydrogens is 262 g/mol. The highest BCUT2D eigenvalue weighted by Crippen LogP contribution is 2.17. The fourth-order valence-corrected chi connectivity index (χ4v) is 2.12. The number of hydrogen-bond donors (Lipinski definition) is 1. The molecule has 21 heavy (non-hydrogen) atoms. The van der Waals surface area contributed by atoms with E-state index in [1.807, 2.05) is 36.4 Å². The fraction of sp³-hybridized carbons (Fsp3) is 0.176. The Morgan fingerprint density at radius 2 is 1.86 bits per heavy atom. The van der Waals surface area contributed by atoms with E-state index in [0.717, 1.165) is 11.3 Å². The summed E-state index contributed by atoms with van der Waals surface area (Å²) in [5.74, 6) is -0.0377. The van der Waals surface area contributed by atoms with E-state index in [0.29, 0.717) is 17.7 Å². The Kier molecular flexibility index (Phi) is 4.57. The van der Waals surface area contributed by atoms with Crippen molar-refractivity contribution in [2.24, 2.45) is 0 Å². The molecule has 0 aliphatic rings. The van der Waals surface area contributed by atoms with E-state index in [9.17, 15) is 4.79 Å². The Hall–Kier alpha value is -2.80. The maximum absolute atomic E-state index is 12.5. The Bertz CT molecular complexity index is 671. The molecule has 0 saturated heterocycles. The number of carbonyl (C=O) groups excluding carboxylic acids is 1. The number of nitrogens with zero attached hydrogens (tertiary/aromatic N) is 2. The predicted octanol–water partition coefficient (Wildman–Crippen LogP) is 2.87. The molecule has 0 atom stereocenters. The van der Waals surface area contributed by atoms with Crippen molar-refractivity contribution in [3.8, 4) is 6.07 Å². The second kappa shape index (κ2) is 6.58. The van der Waals surface area contributed by atoms with Gasteiger partial charge < -0.3 is 10.2 Å². The van der Waals surface area contributed by atoms with Crippen LogP contribution >= 0.6 is 0 Å². The van der Waals surface area contributed by atoms with Crippen LogP contribution in [0.5, 0.6) is 0 Å². The lowest BCUT2D eigenvalue weighted by Gasteiger charge is -2.19. The lowest BCUT2D eigenvalue weighted by atomic mass is 10.1. The topological polar surface area (TPSA) is 56.1 Å². The SMILES string of the molecule is CNc1ccccc1C(=O)N(C)Cc1ccc(C#N)cc1. The van der Waals surface area contributed by atoms with Crippen LogP contribution in [0.15, 0.2) is 48.5 Å². The third-order valence-electron chi connectivity index (χ3n) is 3.28. The number of carbonyl (C=O) groups is 1. The number of nitrogens with one attached hydrogen (secondary N) is 1. The first-order chi connectivity index (χ1) is 10.2. The highest BCUT2D eigenvalue weighted by atomic mass is 16.2. The van der Waals surface area contributed by atoms with Gasteiger partial charge in [-0.15, -0.1) is 0 Å². The predicted molar refractivity (Wildman–Crippen MR) is 82.9 cm³/mol. The van der Waals surface area contributed by atoms with Gasteiger partial charge in [0.25, 0.3) is 5.91 Å². The van der Waals surface area contributed by atoms with Gasteiger partial charge in [-0.3, -0.25) is 4.79 Å². The second-order valence-corrected chi connectivity index (χ2v) is 4.77. The molecule has 0 saturated carbocycles. The van der Waals surface area contributed by atoms with E-state index in [4.69, 9.17) is 5.26 Å². The van der Waals surface area contributed by atoms with E-state index in [1.54, 1.807) is 31.1 Å². The van der Waals surface area contributed by atoms with Crippen molar-refractivity contribution < 1.29 is 4.79 Å². The number of rotatable bonds is 4. The summed E-state index contributed by atoms with van der Waals surface area (Å²) in [5, 5.41) is 11.8. The average molecular weight is 279 g/mol. The summed E-state index contributed by atoms with van der Waals surface area (Å²) in [6, 6.07) is 16.8. The summed E-state index contributed by atoms with van der Waals surface area (Å²) in [5.41, 5.74) is 3.07. The summed E-state index contributed by atoms with van der Waals surface area (Å²) >= 11 is 0. The fourth-order valence-electron chi connectivity index (χ4n) is 2.12. The zero-order valence-electron chi connectivity index (χ0n) is 12.1. The van der Waals surface area contributed by atoms with Crippen LogP contribution in [-0.4, -0.2) is 24.9 Å². The lowest BCUT2D eigenvalue weighted by molar-refractivity contribution is 0.0786. The molecule has 0 radical (unpaired) electrons. The van der Waals surface area contributed by atoms with Crippen LogP contribution in [0.1, 0.15) is 21.5 Å². The largest absolute Gasteiger partial charge is 0.387 e. The molecule has 2 aromatic rings. The highest BCUT2D eigenvalue weighted by Gasteiger charge is 2.15. The molecule has 0 fully saturated rings. The van der Waals surface area contributed by atoms with Crippen molar-refractivity contribution >= 4 is 11.6 Å². The van der Waals surface area contributed by atoms with Crippen molar-refractivity contribution in [2.75, 3.05) is 19.4 Å². The molecule has 4 heteroatoms. The van der Waals surface area contributed by atoms with Crippen LogP contribution in [0, 0.1) is 11.3 Å². The minimum atomic E-state index is -0.0377. The molecule has 1 amide bonds. The van der Waals surface area contributed by atoms with Crippen LogP contribution < -0.4 is 5.32 Å². The maximum Gasteiger partial charge on any atom is 0.255 e. The molecule has 0 aromatic heterocycles. The van der Waals surface area contributed by atoms with Gasteiger partial charge in [0.2, 0.25) is 0 Å². The van der Waals surface area contributed by atoms with Crippen molar-refractivity contribution in [2.45, 2.75) is 6.54 Å². The summed E-state index contributed by atoms with van der Waals surface area (Å²) < 4.78 is 0. The van der Waals surface area contributed by atoms with Gasteiger partial charge in [-0.05, 0) is 29.8 Å². The van der Waals surface area contributed by atoms with Gasteiger partial charge in [-0.25, -0.2) is 0 Å². The molecule has 2 aromatic carbocycles. The van der Waals surface area contributed by atoms with E-state index in [2.05, 4.69) is 11.4 Å². The number of para-hydroxylation sites is 1. The third-order valence-corrected chi connectivity index (χ3v) is 3.28. The third kappa shape index (κ3) is 3.40. The van der Waals surface area contributed by atoms with Gasteiger partial charge in [-0.2, -0.15) is 5.26 Å². The van der Waals surface area contributed by atoms with Crippen LogP contribution in [0.4, 0.5) is 5.69 Å². The standard InChI is InChI=1S/C17H17N3O/c1-19-16-6-4-3-5-15(16)17(21)20(2)12-14-9-7-13(11-18)8-10-14/h3-10,19H,12H2,1-2H3. The zero-order valence-corrected chi connectivity index (χ0v) is 12.1. The van der Waals surface area contributed by atoms with Crippen molar-refractivity contribution in [3.05, 3.63) is 65.2 Å². The Morgan fingerprint density at radius 1 is 1.19 bits per heavy atom. The molecular formula is C17H17N3O. The quantitative estimate of drug-likeness (QED) is 0.936. The van der Waals surface area contributed by atoms with Crippen LogP contribution in [0.3, 0.4) is 0 Å². The summed E-state index contributed by atoms with van der Waals surface area (Å²) in [4.78, 5) is 14.1. The molecule has 0 bridgehead atoms. The first kappa shape index (κ1) is 14.6. The molecule has 0 aliphatic carbocycles. The number of nitriles is 1. The maximum atomic E-state index is 12.5. The summed E-state index contributed by atoms with van der Waals surface area (Å²) in [6.45, 7) is 0.503. The Labute approximate surface area is 124 Å². The van der Waals surface area contributed by atoms with Gasteiger partial charge in [0, 0.05) is 26.3 Å². The van der Waals surface area contributed by atoms with Gasteiger partial charge in [0.15, 0.2) is 0 Å². The normalized spacial score (nSPS) is 9.76. The number of anilines is 1. The summed E-state index contributed by atoms with van der Waals surface area (Å²) in [6.07, 6.45) is 0. The van der Waals surface area contributed by atoms with Crippen molar-refractivity contribution in [1.29, 1.82) is 5.26 Å². The molecule has 0 heterocycles. The molecule has 106 valence electrons. The molecule has 0 spiro atoms. The Balaban J connectivity index is 2.13. The van der Waals surface area contributed by atoms with Crippen LogP contribution in [0.25, 0.3) is 0 Å².